The Morgan fingerprint density at radius 1 is 1.16 bits per heavy atom. The summed E-state index contributed by atoms with van der Waals surface area (Å²) in [6.45, 7) is 13.8. The molecule has 2 heterocycles. The fourth-order valence-electron chi connectivity index (χ4n) is 9.27. The molecule has 0 radical (unpaired) electrons. The fourth-order valence-corrected chi connectivity index (χ4v) is 9.27. The molecule has 208 valence electrons. The number of amides is 2. The van der Waals surface area contributed by atoms with Crippen LogP contribution in [0.1, 0.15) is 73.1 Å². The number of rotatable bonds is 5. The van der Waals surface area contributed by atoms with E-state index in [4.69, 9.17) is 9.47 Å². The first-order valence-corrected chi connectivity index (χ1v) is 14.5. The number of imide groups is 1. The second kappa shape index (κ2) is 9.60. The molecule has 2 amide bonds. The minimum atomic E-state index is -0.732. The minimum Gasteiger partial charge on any atom is -0.445 e. The highest BCUT2D eigenvalue weighted by molar-refractivity contribution is 5.93. The number of ketones is 1. The van der Waals surface area contributed by atoms with E-state index in [0.29, 0.717) is 38.5 Å². The molecule has 3 unspecified atom stereocenters. The summed E-state index contributed by atoms with van der Waals surface area (Å²) in [7, 11) is 0. The third-order valence-electron chi connectivity index (χ3n) is 11.7. The van der Waals surface area contributed by atoms with E-state index >= 15 is 0 Å². The van der Waals surface area contributed by atoms with Crippen LogP contribution >= 0.6 is 0 Å². The van der Waals surface area contributed by atoms with Crippen LogP contribution in [0.15, 0.2) is 0 Å². The van der Waals surface area contributed by atoms with Gasteiger partial charge in [-0.3, -0.25) is 14.9 Å². The van der Waals surface area contributed by atoms with E-state index in [1.807, 2.05) is 13.8 Å². The summed E-state index contributed by atoms with van der Waals surface area (Å²) in [5.74, 6) is -0.129. The smallest absolute Gasteiger partial charge is 0.414 e. The highest BCUT2D eigenvalue weighted by atomic mass is 16.6. The molecular formula is C29H46N2O6. The molecule has 2 N–H and O–H groups in total. The normalized spacial score (nSPS) is 48.8. The van der Waals surface area contributed by atoms with Gasteiger partial charge in [-0.15, -0.1) is 0 Å². The Morgan fingerprint density at radius 3 is 2.57 bits per heavy atom. The lowest BCUT2D eigenvalue weighted by Gasteiger charge is -2.62. The molecule has 5 rings (SSSR count). The van der Waals surface area contributed by atoms with Crippen LogP contribution in [0, 0.1) is 45.8 Å². The zero-order chi connectivity index (χ0) is 26.8. The predicted molar refractivity (Wildman–Crippen MR) is 138 cm³/mol. The Kier molecular flexibility index (Phi) is 7.02. The summed E-state index contributed by atoms with van der Waals surface area (Å²) < 4.78 is 12.1. The van der Waals surface area contributed by atoms with Gasteiger partial charge in [-0.2, -0.15) is 0 Å². The first-order chi connectivity index (χ1) is 17.5. The molecule has 37 heavy (non-hydrogen) atoms. The molecular weight excluding hydrogens is 472 g/mol. The average Bonchev–Trinajstić information content (AvgIpc) is 3.59. The van der Waals surface area contributed by atoms with Crippen LogP contribution in [0.25, 0.3) is 0 Å². The predicted octanol–water partition coefficient (Wildman–Crippen LogP) is 3.40. The molecule has 0 aromatic heterocycles. The largest absolute Gasteiger partial charge is 0.445 e. The van der Waals surface area contributed by atoms with Gasteiger partial charge in [-0.25, -0.2) is 4.79 Å². The second-order valence-corrected chi connectivity index (χ2v) is 13.5. The number of aliphatic hydroxyl groups is 1. The number of Topliss-reactive ketones (excluding diaryl/α,β-unsaturated/α-hetero) is 1. The third-order valence-corrected chi connectivity index (χ3v) is 11.7. The second-order valence-electron chi connectivity index (χ2n) is 13.5. The highest BCUT2D eigenvalue weighted by Crippen LogP contribution is 2.67. The zero-order valence-corrected chi connectivity index (χ0v) is 23.3. The van der Waals surface area contributed by atoms with Crippen molar-refractivity contribution in [1.29, 1.82) is 0 Å². The molecule has 4 bridgehead atoms. The van der Waals surface area contributed by atoms with Crippen molar-refractivity contribution in [1.82, 2.24) is 10.2 Å². The van der Waals surface area contributed by atoms with Crippen LogP contribution in [0.5, 0.6) is 0 Å². The number of carbonyl (C=O) groups excluding carboxylic acids is 3. The number of alkyl carbamates (subject to hydrolysis) is 1. The molecule has 5 fully saturated rings. The van der Waals surface area contributed by atoms with E-state index in [0.717, 1.165) is 38.8 Å². The Hall–Kier alpha value is -1.51. The van der Waals surface area contributed by atoms with Gasteiger partial charge in [0.15, 0.2) is 0 Å². The molecule has 2 aliphatic heterocycles. The van der Waals surface area contributed by atoms with Crippen molar-refractivity contribution >= 4 is 17.8 Å². The SMILES string of the molecule is CCOC[C@]1(C)C[C@@H](OC(=O)NC(=O)[C@H]2CN3CC[C@H]2C3)[C@@]2(C)C3C(=O)CCC3(CC[C@H]2C)[C@@H](C)[C@@H]1O. The van der Waals surface area contributed by atoms with E-state index in [9.17, 15) is 19.5 Å². The number of fused-ring (bicyclic) bond motifs is 2. The number of piperidine rings is 1. The summed E-state index contributed by atoms with van der Waals surface area (Å²) in [6.07, 6.45) is 2.37. The number of hydrogen-bond donors (Lipinski definition) is 2. The number of hydrogen-bond acceptors (Lipinski definition) is 7. The molecule has 2 saturated heterocycles. The zero-order valence-electron chi connectivity index (χ0n) is 23.3. The van der Waals surface area contributed by atoms with Gasteiger partial charge >= 0.3 is 6.09 Å². The van der Waals surface area contributed by atoms with E-state index < -0.39 is 29.1 Å². The van der Waals surface area contributed by atoms with E-state index in [1.54, 1.807) is 0 Å². The topological polar surface area (TPSA) is 105 Å². The van der Waals surface area contributed by atoms with Gasteiger partial charge in [0.05, 0.1) is 18.6 Å². The van der Waals surface area contributed by atoms with Gasteiger partial charge in [0.2, 0.25) is 5.91 Å². The van der Waals surface area contributed by atoms with Crippen molar-refractivity contribution in [2.45, 2.75) is 85.4 Å². The van der Waals surface area contributed by atoms with Crippen molar-refractivity contribution in [3.63, 3.8) is 0 Å². The van der Waals surface area contributed by atoms with Gasteiger partial charge < -0.3 is 19.5 Å². The molecule has 0 aromatic rings. The van der Waals surface area contributed by atoms with Crippen molar-refractivity contribution in [2.75, 3.05) is 32.8 Å². The lowest BCUT2D eigenvalue weighted by Crippen LogP contribution is -2.64. The maximum absolute atomic E-state index is 13.6. The van der Waals surface area contributed by atoms with Crippen LogP contribution in [-0.2, 0) is 19.1 Å². The van der Waals surface area contributed by atoms with E-state index in [2.05, 4.69) is 31.0 Å². The monoisotopic (exact) mass is 518 g/mol. The fraction of sp³-hybridized carbons (Fsp3) is 0.897. The summed E-state index contributed by atoms with van der Waals surface area (Å²) in [5, 5.41) is 14.4. The maximum atomic E-state index is 13.6. The van der Waals surface area contributed by atoms with Gasteiger partial charge in [0, 0.05) is 42.9 Å². The number of carbonyl (C=O) groups is 3. The Morgan fingerprint density at radius 2 is 1.92 bits per heavy atom. The third kappa shape index (κ3) is 4.17. The van der Waals surface area contributed by atoms with E-state index in [1.165, 1.54) is 0 Å². The summed E-state index contributed by atoms with van der Waals surface area (Å²) >= 11 is 0. The summed E-state index contributed by atoms with van der Waals surface area (Å²) in [6, 6.07) is 0. The number of aliphatic hydroxyl groups excluding tert-OH is 1. The van der Waals surface area contributed by atoms with Gasteiger partial charge in [0.25, 0.3) is 0 Å². The van der Waals surface area contributed by atoms with Gasteiger partial charge in [-0.1, -0.05) is 27.7 Å². The van der Waals surface area contributed by atoms with Gasteiger partial charge in [-0.05, 0) is 68.7 Å². The lowest BCUT2D eigenvalue weighted by atomic mass is 9.44. The highest BCUT2D eigenvalue weighted by Gasteiger charge is 2.68. The van der Waals surface area contributed by atoms with Crippen LogP contribution in [-0.4, -0.2) is 72.8 Å². The number of nitrogens with zero attached hydrogens (tertiary/aromatic N) is 1. The standard InChI is InChI=1S/C29H46N2O6/c1-6-36-16-27(4)13-22(37-26(35)30-25(34)20-15-31-12-9-19(20)14-31)28(5)17(2)7-10-29(18(3)24(27)33)11-8-21(32)23(28)29/h17-20,22-24,33H,6-16H2,1-5H3,(H,30,34,35)/t17-,18+,19+,20+,22-,23?,24+,27+,28+,29?/m1/s1. The molecule has 0 spiro atoms. The first-order valence-electron chi connectivity index (χ1n) is 14.5. The number of nitrogens with one attached hydrogen (secondary N) is 1. The average molecular weight is 519 g/mol. The van der Waals surface area contributed by atoms with E-state index in [-0.39, 0.29) is 40.8 Å². The molecule has 8 nitrogen and oxygen atoms in total. The number of ether oxygens (including phenoxy) is 2. The van der Waals surface area contributed by atoms with Crippen molar-refractivity contribution < 1.29 is 29.0 Å². The molecule has 3 saturated carbocycles. The quantitative estimate of drug-likeness (QED) is 0.575. The van der Waals surface area contributed by atoms with Crippen LogP contribution in [0.2, 0.25) is 0 Å². The molecule has 0 aromatic carbocycles. The van der Waals surface area contributed by atoms with Crippen molar-refractivity contribution in [3.8, 4) is 0 Å². The van der Waals surface area contributed by atoms with Crippen LogP contribution in [0.3, 0.4) is 0 Å². The molecule has 8 heteroatoms. The van der Waals surface area contributed by atoms with Crippen molar-refractivity contribution in [2.24, 2.45) is 45.8 Å². The molecule has 5 aliphatic rings. The Bertz CT molecular complexity index is 941. The van der Waals surface area contributed by atoms with Crippen LogP contribution in [0.4, 0.5) is 4.79 Å². The Labute approximate surface area is 221 Å². The molecule has 11 atom stereocenters. The maximum Gasteiger partial charge on any atom is 0.414 e. The first kappa shape index (κ1) is 27.1. The minimum absolute atomic E-state index is 0.0784. The Balaban J connectivity index is 1.46. The summed E-state index contributed by atoms with van der Waals surface area (Å²) in [5.41, 5.74) is -1.58. The van der Waals surface area contributed by atoms with Crippen molar-refractivity contribution in [3.05, 3.63) is 0 Å². The molecule has 3 aliphatic carbocycles. The lowest BCUT2D eigenvalue weighted by molar-refractivity contribution is -0.205. The van der Waals surface area contributed by atoms with Gasteiger partial charge in [0.1, 0.15) is 11.9 Å². The summed E-state index contributed by atoms with van der Waals surface area (Å²) in [4.78, 5) is 42.1. The van der Waals surface area contributed by atoms with Crippen LogP contribution < -0.4 is 5.32 Å².